The number of likely N-dealkylation sites (tertiary alicyclic amines) is 1. The van der Waals surface area contributed by atoms with Crippen LogP contribution in [0.15, 0.2) is 11.9 Å². The van der Waals surface area contributed by atoms with E-state index >= 15 is 0 Å². The van der Waals surface area contributed by atoms with Crippen molar-refractivity contribution in [1.29, 1.82) is 0 Å². The Labute approximate surface area is 91.5 Å². The maximum Gasteiger partial charge on any atom is 0.334 e. The normalized spacial score (nSPS) is 17.5. The van der Waals surface area contributed by atoms with Gasteiger partial charge < -0.3 is 14.5 Å². The van der Waals surface area contributed by atoms with Gasteiger partial charge >= 0.3 is 5.97 Å². The van der Waals surface area contributed by atoms with Crippen LogP contribution < -0.4 is 0 Å². The van der Waals surface area contributed by atoms with E-state index in [1.807, 2.05) is 19.0 Å². The average Bonchev–Trinajstić information content (AvgIpc) is 2.26. The summed E-state index contributed by atoms with van der Waals surface area (Å²) in [5.74, 6) is 0.658. The highest BCUT2D eigenvalue weighted by molar-refractivity contribution is 5.82. The molecule has 0 aromatic carbocycles. The van der Waals surface area contributed by atoms with Crippen LogP contribution in [0.25, 0.3) is 0 Å². The van der Waals surface area contributed by atoms with Crippen LogP contribution in [0.4, 0.5) is 0 Å². The van der Waals surface area contributed by atoms with Gasteiger partial charge in [0.15, 0.2) is 0 Å². The zero-order chi connectivity index (χ0) is 11.3. The molecule has 0 aliphatic carbocycles. The van der Waals surface area contributed by atoms with Crippen LogP contribution in [-0.4, -0.2) is 50.1 Å². The van der Waals surface area contributed by atoms with E-state index in [0.717, 1.165) is 18.9 Å². The van der Waals surface area contributed by atoms with Crippen LogP contribution in [0, 0.1) is 0 Å². The van der Waals surface area contributed by atoms with Crippen LogP contribution in [-0.2, 0) is 9.53 Å². The number of piperidine rings is 1. The third kappa shape index (κ3) is 3.46. The number of nitrogens with zero attached hydrogens (tertiary/aromatic N) is 2. The van der Waals surface area contributed by atoms with Gasteiger partial charge in [0, 0.05) is 27.2 Å². The number of methoxy groups -OCH3 is 1. The zero-order valence-electron chi connectivity index (χ0n) is 9.82. The first-order valence-corrected chi connectivity index (χ1v) is 5.37. The second-order valence-electron chi connectivity index (χ2n) is 3.97. The number of hydrogen-bond acceptors (Lipinski definition) is 4. The maximum atomic E-state index is 11.2. The van der Waals surface area contributed by atoms with Gasteiger partial charge in [-0.25, -0.2) is 4.79 Å². The van der Waals surface area contributed by atoms with E-state index < -0.39 is 0 Å². The quantitative estimate of drug-likeness (QED) is 0.517. The minimum atomic E-state index is -0.288. The molecule has 0 aromatic heterocycles. The van der Waals surface area contributed by atoms with Crippen molar-refractivity contribution in [2.75, 3.05) is 34.3 Å². The van der Waals surface area contributed by atoms with Crippen molar-refractivity contribution in [3.8, 4) is 0 Å². The lowest BCUT2D eigenvalue weighted by Crippen LogP contribution is -2.35. The van der Waals surface area contributed by atoms with Gasteiger partial charge in [-0.05, 0) is 19.3 Å². The molecule has 0 spiro atoms. The van der Waals surface area contributed by atoms with E-state index in [9.17, 15) is 4.79 Å². The summed E-state index contributed by atoms with van der Waals surface area (Å²) in [5.41, 5.74) is 0. The molecule has 1 aliphatic heterocycles. The van der Waals surface area contributed by atoms with Crippen molar-refractivity contribution in [3.05, 3.63) is 11.9 Å². The third-order valence-corrected chi connectivity index (χ3v) is 2.59. The second-order valence-corrected chi connectivity index (χ2v) is 3.97. The van der Waals surface area contributed by atoms with Gasteiger partial charge in [0.1, 0.15) is 5.82 Å². The molecule has 1 heterocycles. The van der Waals surface area contributed by atoms with Crippen LogP contribution in [0.3, 0.4) is 0 Å². The maximum absolute atomic E-state index is 11.2. The van der Waals surface area contributed by atoms with E-state index in [2.05, 4.69) is 9.64 Å². The van der Waals surface area contributed by atoms with Gasteiger partial charge in [0.25, 0.3) is 0 Å². The Balaban J connectivity index is 2.71. The van der Waals surface area contributed by atoms with Crippen molar-refractivity contribution in [2.24, 2.45) is 0 Å². The van der Waals surface area contributed by atoms with Crippen LogP contribution in [0.5, 0.6) is 0 Å². The summed E-state index contributed by atoms with van der Waals surface area (Å²) in [6.07, 6.45) is 5.25. The molecule has 0 unspecified atom stereocenters. The predicted octanol–water partition coefficient (Wildman–Crippen LogP) is 1.05. The second kappa shape index (κ2) is 5.63. The van der Waals surface area contributed by atoms with Crippen molar-refractivity contribution >= 4 is 5.97 Å². The van der Waals surface area contributed by atoms with Gasteiger partial charge in [-0.2, -0.15) is 0 Å². The smallest absolute Gasteiger partial charge is 0.334 e. The van der Waals surface area contributed by atoms with Crippen molar-refractivity contribution in [3.63, 3.8) is 0 Å². The van der Waals surface area contributed by atoms with Crippen LogP contribution in [0.2, 0.25) is 0 Å². The predicted molar refractivity (Wildman–Crippen MR) is 59.2 cm³/mol. The molecule has 1 fully saturated rings. The standard InChI is InChI=1S/C11H20N2O2/c1-12(2)10(9-11(14)15-3)13-7-5-4-6-8-13/h9H,4-8H2,1-3H3/b10-9-. The number of esters is 1. The lowest BCUT2D eigenvalue weighted by Gasteiger charge is -2.34. The third-order valence-electron chi connectivity index (χ3n) is 2.59. The van der Waals surface area contributed by atoms with Crippen LogP contribution >= 0.6 is 0 Å². The zero-order valence-corrected chi connectivity index (χ0v) is 9.82. The van der Waals surface area contributed by atoms with Gasteiger partial charge in [-0.15, -0.1) is 0 Å². The number of hydrogen-bond donors (Lipinski definition) is 0. The van der Waals surface area contributed by atoms with E-state index in [4.69, 9.17) is 0 Å². The molecule has 4 nitrogen and oxygen atoms in total. The van der Waals surface area contributed by atoms with Gasteiger partial charge in [0.2, 0.25) is 0 Å². The summed E-state index contributed by atoms with van der Waals surface area (Å²) >= 11 is 0. The van der Waals surface area contributed by atoms with Gasteiger partial charge in [-0.1, -0.05) is 0 Å². The van der Waals surface area contributed by atoms with Gasteiger partial charge in [-0.3, -0.25) is 0 Å². The summed E-state index contributed by atoms with van der Waals surface area (Å²) in [7, 11) is 5.30. The molecular weight excluding hydrogens is 192 g/mol. The molecule has 1 saturated heterocycles. The summed E-state index contributed by atoms with van der Waals surface area (Å²) in [4.78, 5) is 15.4. The van der Waals surface area contributed by atoms with E-state index in [-0.39, 0.29) is 5.97 Å². The van der Waals surface area contributed by atoms with Crippen molar-refractivity contribution in [1.82, 2.24) is 9.80 Å². The molecule has 0 aromatic rings. The molecule has 0 radical (unpaired) electrons. The summed E-state index contributed by atoms with van der Waals surface area (Å²) in [6, 6.07) is 0. The number of rotatable bonds is 3. The minimum Gasteiger partial charge on any atom is -0.466 e. The lowest BCUT2D eigenvalue weighted by atomic mass is 10.1. The Morgan fingerprint density at radius 2 is 1.87 bits per heavy atom. The Hall–Kier alpha value is -1.19. The summed E-state index contributed by atoms with van der Waals surface area (Å²) < 4.78 is 4.65. The molecule has 0 saturated carbocycles. The van der Waals surface area contributed by atoms with Crippen LogP contribution in [0.1, 0.15) is 19.3 Å². The fraction of sp³-hybridized carbons (Fsp3) is 0.727. The summed E-state index contributed by atoms with van der Waals surface area (Å²) in [5, 5.41) is 0. The molecule has 1 aliphatic rings. The largest absolute Gasteiger partial charge is 0.466 e. The van der Waals surface area contributed by atoms with Crippen molar-refractivity contribution in [2.45, 2.75) is 19.3 Å². The number of ether oxygens (including phenoxy) is 1. The summed E-state index contributed by atoms with van der Waals surface area (Å²) in [6.45, 7) is 2.06. The first-order chi connectivity index (χ1) is 7.15. The highest BCUT2D eigenvalue weighted by Gasteiger charge is 2.16. The first kappa shape index (κ1) is 11.9. The number of carbonyl (C=O) groups excluding carboxylic acids is 1. The fourth-order valence-corrected chi connectivity index (χ4v) is 1.79. The highest BCUT2D eigenvalue weighted by atomic mass is 16.5. The minimum absolute atomic E-state index is 0.288. The molecular formula is C11H20N2O2. The SMILES string of the molecule is COC(=O)/C=C(/N(C)C)N1CCCCC1. The molecule has 0 bridgehead atoms. The fourth-order valence-electron chi connectivity index (χ4n) is 1.79. The highest BCUT2D eigenvalue weighted by Crippen LogP contribution is 2.15. The molecule has 0 atom stereocenters. The van der Waals surface area contributed by atoms with Crippen molar-refractivity contribution < 1.29 is 9.53 Å². The lowest BCUT2D eigenvalue weighted by molar-refractivity contribution is -0.135. The Morgan fingerprint density at radius 1 is 1.27 bits per heavy atom. The first-order valence-electron chi connectivity index (χ1n) is 5.37. The molecule has 4 heteroatoms. The Bertz CT molecular complexity index is 243. The van der Waals surface area contributed by atoms with E-state index in [0.29, 0.717) is 0 Å². The number of carbonyl (C=O) groups is 1. The Morgan fingerprint density at radius 3 is 2.33 bits per heavy atom. The molecule has 0 N–H and O–H groups in total. The van der Waals surface area contributed by atoms with E-state index in [1.165, 1.54) is 26.4 Å². The van der Waals surface area contributed by atoms with E-state index in [1.54, 1.807) is 6.08 Å². The average molecular weight is 212 g/mol. The topological polar surface area (TPSA) is 32.8 Å². The molecule has 15 heavy (non-hydrogen) atoms. The molecule has 0 amide bonds. The van der Waals surface area contributed by atoms with Gasteiger partial charge in [0.05, 0.1) is 13.2 Å². The molecule has 86 valence electrons. The monoisotopic (exact) mass is 212 g/mol. The molecule has 1 rings (SSSR count). The Kier molecular flexibility index (Phi) is 4.46.